The van der Waals surface area contributed by atoms with Crippen LogP contribution in [-0.2, 0) is 10.4 Å². The molecule has 10 heteroatoms. The first-order valence-electron chi connectivity index (χ1n) is 9.37. The SMILES string of the molecule is O=C(CC(O)(c1nc2ccccc2s1)C(F)(F)F)N1CCN(c2ccccn2)CC1. The number of rotatable bonds is 4. The second-order valence-electron chi connectivity index (χ2n) is 7.08. The van der Waals surface area contributed by atoms with Gasteiger partial charge in [-0.3, -0.25) is 4.79 Å². The van der Waals surface area contributed by atoms with Crippen LogP contribution in [0.2, 0.25) is 0 Å². The van der Waals surface area contributed by atoms with E-state index in [2.05, 4.69) is 9.97 Å². The van der Waals surface area contributed by atoms with Crippen molar-refractivity contribution in [1.29, 1.82) is 0 Å². The molecule has 1 atom stereocenters. The summed E-state index contributed by atoms with van der Waals surface area (Å²) in [5.41, 5.74) is -2.97. The molecule has 0 radical (unpaired) electrons. The van der Waals surface area contributed by atoms with E-state index in [1.165, 1.54) is 4.90 Å². The molecular weight excluding hydrogens is 417 g/mol. The third kappa shape index (κ3) is 3.84. The van der Waals surface area contributed by atoms with Gasteiger partial charge in [0.05, 0.1) is 16.6 Å². The number of hydrogen-bond donors (Lipinski definition) is 1. The first kappa shape index (κ1) is 20.5. The minimum atomic E-state index is -5.04. The van der Waals surface area contributed by atoms with Gasteiger partial charge in [0, 0.05) is 32.4 Å². The summed E-state index contributed by atoms with van der Waals surface area (Å²) >= 11 is 0.749. The Bertz CT molecular complexity index is 1000. The van der Waals surface area contributed by atoms with Crippen molar-refractivity contribution in [2.45, 2.75) is 18.2 Å². The molecule has 1 unspecified atom stereocenters. The number of anilines is 1. The van der Waals surface area contributed by atoms with E-state index in [1.807, 2.05) is 17.0 Å². The lowest BCUT2D eigenvalue weighted by Gasteiger charge is -2.37. The minimum Gasteiger partial charge on any atom is -0.374 e. The lowest BCUT2D eigenvalue weighted by atomic mass is 9.98. The normalized spacial score (nSPS) is 17.2. The van der Waals surface area contributed by atoms with Crippen LogP contribution in [-0.4, -0.2) is 58.2 Å². The summed E-state index contributed by atoms with van der Waals surface area (Å²) in [6.07, 6.45) is -4.47. The summed E-state index contributed by atoms with van der Waals surface area (Å²) < 4.78 is 42.1. The van der Waals surface area contributed by atoms with Gasteiger partial charge in [0.1, 0.15) is 10.8 Å². The van der Waals surface area contributed by atoms with Crippen molar-refractivity contribution in [3.8, 4) is 0 Å². The standard InChI is InChI=1S/C20H19F3N4O2S/c21-20(22,23)19(29,18-25-14-5-1-2-6-15(14)30-18)13-17(28)27-11-9-26(10-12-27)16-7-3-4-8-24-16/h1-8,29H,9-13H2. The summed E-state index contributed by atoms with van der Waals surface area (Å²) in [7, 11) is 0. The number of hydrogen-bond acceptors (Lipinski definition) is 6. The molecule has 1 amide bonds. The summed E-state index contributed by atoms with van der Waals surface area (Å²) in [5.74, 6) is 0.000577. The average Bonchev–Trinajstić information content (AvgIpc) is 3.18. The lowest BCUT2D eigenvalue weighted by Crippen LogP contribution is -2.52. The summed E-state index contributed by atoms with van der Waals surface area (Å²) in [5, 5.41) is 10.1. The Hall–Kier alpha value is -2.72. The average molecular weight is 436 g/mol. The van der Waals surface area contributed by atoms with Gasteiger partial charge in [-0.25, -0.2) is 9.97 Å². The number of aliphatic hydroxyl groups is 1. The number of nitrogens with zero attached hydrogens (tertiary/aromatic N) is 4. The largest absolute Gasteiger partial charge is 0.424 e. The molecule has 3 heterocycles. The molecule has 1 N–H and O–H groups in total. The maximum atomic E-state index is 13.9. The molecule has 30 heavy (non-hydrogen) atoms. The monoisotopic (exact) mass is 436 g/mol. The predicted octanol–water partition coefficient (Wildman–Crippen LogP) is 3.18. The van der Waals surface area contributed by atoms with E-state index in [-0.39, 0.29) is 13.1 Å². The van der Waals surface area contributed by atoms with Crippen molar-refractivity contribution in [2.75, 3.05) is 31.1 Å². The quantitative estimate of drug-likeness (QED) is 0.680. The number of carbonyl (C=O) groups is 1. The van der Waals surface area contributed by atoms with Crippen LogP contribution < -0.4 is 4.90 Å². The third-order valence-corrected chi connectivity index (χ3v) is 6.32. The zero-order valence-corrected chi connectivity index (χ0v) is 16.7. The van der Waals surface area contributed by atoms with Gasteiger partial charge in [-0.05, 0) is 24.3 Å². The maximum Gasteiger partial charge on any atom is 0.424 e. The van der Waals surface area contributed by atoms with Crippen LogP contribution in [0.1, 0.15) is 11.4 Å². The Kier molecular flexibility index (Phi) is 5.37. The Balaban J connectivity index is 1.50. The van der Waals surface area contributed by atoms with Gasteiger partial charge in [0.15, 0.2) is 0 Å². The van der Waals surface area contributed by atoms with Gasteiger partial charge in [-0.15, -0.1) is 11.3 Å². The minimum absolute atomic E-state index is 0.253. The second-order valence-corrected chi connectivity index (χ2v) is 8.11. The Morgan fingerprint density at radius 2 is 1.77 bits per heavy atom. The zero-order valence-electron chi connectivity index (χ0n) is 15.8. The van der Waals surface area contributed by atoms with E-state index in [4.69, 9.17) is 0 Å². The smallest absolute Gasteiger partial charge is 0.374 e. The Morgan fingerprint density at radius 3 is 2.40 bits per heavy atom. The molecule has 1 aliphatic rings. The highest BCUT2D eigenvalue weighted by Crippen LogP contribution is 2.44. The molecule has 4 rings (SSSR count). The van der Waals surface area contributed by atoms with Crippen LogP contribution in [0.3, 0.4) is 0 Å². The van der Waals surface area contributed by atoms with Crippen LogP contribution in [0.4, 0.5) is 19.0 Å². The van der Waals surface area contributed by atoms with Gasteiger partial charge in [-0.1, -0.05) is 18.2 Å². The fourth-order valence-electron chi connectivity index (χ4n) is 3.40. The molecule has 0 aliphatic carbocycles. The number of pyridine rings is 1. The van der Waals surface area contributed by atoms with Crippen LogP contribution in [0.15, 0.2) is 48.7 Å². The zero-order chi connectivity index (χ0) is 21.4. The van der Waals surface area contributed by atoms with Crippen LogP contribution in [0, 0.1) is 0 Å². The van der Waals surface area contributed by atoms with Crippen LogP contribution in [0.5, 0.6) is 0 Å². The molecule has 0 saturated carbocycles. The highest BCUT2D eigenvalue weighted by molar-refractivity contribution is 7.18. The number of amides is 1. The van der Waals surface area contributed by atoms with E-state index >= 15 is 0 Å². The summed E-state index contributed by atoms with van der Waals surface area (Å²) in [6.45, 7) is 1.41. The van der Waals surface area contributed by atoms with Crippen molar-refractivity contribution in [1.82, 2.24) is 14.9 Å². The molecule has 1 saturated heterocycles. The second kappa shape index (κ2) is 7.84. The van der Waals surface area contributed by atoms with E-state index < -0.39 is 29.1 Å². The van der Waals surface area contributed by atoms with E-state index in [0.717, 1.165) is 17.2 Å². The van der Waals surface area contributed by atoms with E-state index in [0.29, 0.717) is 23.3 Å². The topological polar surface area (TPSA) is 69.6 Å². The maximum absolute atomic E-state index is 13.9. The van der Waals surface area contributed by atoms with Crippen LogP contribution in [0.25, 0.3) is 10.2 Å². The number of fused-ring (bicyclic) bond motifs is 1. The van der Waals surface area contributed by atoms with Crippen molar-refractivity contribution in [3.63, 3.8) is 0 Å². The van der Waals surface area contributed by atoms with Crippen molar-refractivity contribution in [2.24, 2.45) is 0 Å². The fraction of sp³-hybridized carbons (Fsp3) is 0.350. The van der Waals surface area contributed by atoms with Gasteiger partial charge < -0.3 is 14.9 Å². The summed E-state index contributed by atoms with van der Waals surface area (Å²) in [6, 6.07) is 12.0. The molecule has 2 aromatic heterocycles. The van der Waals surface area contributed by atoms with Crippen molar-refractivity contribution in [3.05, 3.63) is 53.7 Å². The molecule has 1 fully saturated rings. The first-order chi connectivity index (χ1) is 14.3. The molecule has 1 aliphatic heterocycles. The first-order valence-corrected chi connectivity index (χ1v) is 10.2. The number of alkyl halides is 3. The third-order valence-electron chi connectivity index (χ3n) is 5.13. The highest BCUT2D eigenvalue weighted by atomic mass is 32.1. The van der Waals surface area contributed by atoms with Crippen molar-refractivity contribution >= 4 is 33.3 Å². The van der Waals surface area contributed by atoms with Crippen molar-refractivity contribution < 1.29 is 23.1 Å². The molecule has 1 aromatic carbocycles. The molecule has 158 valence electrons. The number of halogens is 3. The molecular formula is C20H19F3N4O2S. The van der Waals surface area contributed by atoms with E-state index in [9.17, 15) is 23.1 Å². The van der Waals surface area contributed by atoms with Gasteiger partial charge in [-0.2, -0.15) is 13.2 Å². The fourth-order valence-corrected chi connectivity index (χ4v) is 4.48. The van der Waals surface area contributed by atoms with Gasteiger partial charge in [0.2, 0.25) is 11.5 Å². The van der Waals surface area contributed by atoms with Gasteiger partial charge >= 0.3 is 6.18 Å². The number of aromatic nitrogens is 2. The van der Waals surface area contributed by atoms with Crippen LogP contribution >= 0.6 is 11.3 Å². The number of carbonyl (C=O) groups excluding carboxylic acids is 1. The highest BCUT2D eigenvalue weighted by Gasteiger charge is 2.58. The molecule has 0 bridgehead atoms. The Morgan fingerprint density at radius 1 is 1.07 bits per heavy atom. The summed E-state index contributed by atoms with van der Waals surface area (Å²) in [4.78, 5) is 24.2. The molecule has 6 nitrogen and oxygen atoms in total. The molecule has 3 aromatic rings. The molecule has 0 spiro atoms. The van der Waals surface area contributed by atoms with E-state index in [1.54, 1.807) is 36.5 Å². The van der Waals surface area contributed by atoms with Gasteiger partial charge in [0.25, 0.3) is 0 Å². The number of piperazine rings is 1. The number of thiazole rings is 1. The lowest BCUT2D eigenvalue weighted by molar-refractivity contribution is -0.268. The Labute approximate surface area is 174 Å². The number of para-hydroxylation sites is 1. The predicted molar refractivity (Wildman–Crippen MR) is 107 cm³/mol. The number of benzene rings is 1.